The molecule has 0 aliphatic carbocycles. The molecule has 2 N–H and O–H groups in total. The molecule has 0 spiro atoms. The minimum atomic E-state index is -0.291. The van der Waals surface area contributed by atoms with Gasteiger partial charge in [-0.05, 0) is 23.3 Å². The van der Waals surface area contributed by atoms with E-state index in [0.717, 1.165) is 11.1 Å². The molecular formula is C17H16N2O3. The average Bonchev–Trinajstić information content (AvgIpc) is 2.58. The second-order valence-corrected chi connectivity index (χ2v) is 4.60. The third kappa shape index (κ3) is 4.08. The molecule has 0 aromatic heterocycles. The van der Waals surface area contributed by atoms with Crippen LogP contribution in [0.25, 0.3) is 0 Å². The van der Waals surface area contributed by atoms with E-state index in [-0.39, 0.29) is 19.1 Å². The first-order chi connectivity index (χ1) is 10.7. The number of ether oxygens (including phenoxy) is 1. The number of benzene rings is 2. The summed E-state index contributed by atoms with van der Waals surface area (Å²) >= 11 is 0. The summed E-state index contributed by atoms with van der Waals surface area (Å²) in [4.78, 5) is 11.8. The molecule has 0 aliphatic rings. The minimum absolute atomic E-state index is 0.0713. The predicted octanol–water partition coefficient (Wildman–Crippen LogP) is 1.75. The maximum atomic E-state index is 11.8. The van der Waals surface area contributed by atoms with Gasteiger partial charge in [0.25, 0.3) is 5.91 Å². The molecule has 0 bridgehead atoms. The maximum absolute atomic E-state index is 11.8. The lowest BCUT2D eigenvalue weighted by molar-refractivity contribution is -0.123. The minimum Gasteiger partial charge on any atom is -0.482 e. The van der Waals surface area contributed by atoms with E-state index < -0.39 is 0 Å². The van der Waals surface area contributed by atoms with Crippen LogP contribution in [0.1, 0.15) is 16.7 Å². The van der Waals surface area contributed by atoms with E-state index in [1.165, 1.54) is 0 Å². The van der Waals surface area contributed by atoms with Gasteiger partial charge in [-0.25, -0.2) is 0 Å². The summed E-state index contributed by atoms with van der Waals surface area (Å²) in [6, 6.07) is 16.1. The smallest absolute Gasteiger partial charge is 0.258 e. The molecule has 0 heterocycles. The van der Waals surface area contributed by atoms with E-state index in [1.807, 2.05) is 24.3 Å². The van der Waals surface area contributed by atoms with Crippen molar-refractivity contribution in [3.05, 3.63) is 65.2 Å². The Morgan fingerprint density at radius 2 is 1.82 bits per heavy atom. The Morgan fingerprint density at radius 3 is 2.55 bits per heavy atom. The average molecular weight is 296 g/mol. The first-order valence-corrected chi connectivity index (χ1v) is 6.81. The molecule has 5 heteroatoms. The highest BCUT2D eigenvalue weighted by Crippen LogP contribution is 2.16. The lowest BCUT2D eigenvalue weighted by atomic mass is 10.1. The van der Waals surface area contributed by atoms with Crippen molar-refractivity contribution >= 4 is 5.91 Å². The van der Waals surface area contributed by atoms with Crippen molar-refractivity contribution in [1.82, 2.24) is 5.32 Å². The van der Waals surface area contributed by atoms with Gasteiger partial charge in [0.1, 0.15) is 11.8 Å². The molecule has 0 aliphatic heterocycles. The predicted molar refractivity (Wildman–Crippen MR) is 80.9 cm³/mol. The van der Waals surface area contributed by atoms with Crippen molar-refractivity contribution in [2.24, 2.45) is 0 Å². The summed E-state index contributed by atoms with van der Waals surface area (Å²) in [5.74, 6) is 0.0939. The van der Waals surface area contributed by atoms with Crippen LogP contribution in [0, 0.1) is 11.3 Å². The molecule has 0 fully saturated rings. The number of para-hydroxylation sites is 1. The van der Waals surface area contributed by atoms with Crippen LogP contribution < -0.4 is 10.1 Å². The number of rotatable bonds is 6. The number of aliphatic hydroxyl groups is 1. The number of nitriles is 1. The highest BCUT2D eigenvalue weighted by atomic mass is 16.5. The molecule has 5 nitrogen and oxygen atoms in total. The van der Waals surface area contributed by atoms with Crippen molar-refractivity contribution in [3.8, 4) is 11.8 Å². The molecule has 22 heavy (non-hydrogen) atoms. The van der Waals surface area contributed by atoms with Gasteiger partial charge in [0.05, 0.1) is 12.2 Å². The summed E-state index contributed by atoms with van der Waals surface area (Å²) in [7, 11) is 0. The van der Waals surface area contributed by atoms with Crippen molar-refractivity contribution in [2.45, 2.75) is 13.2 Å². The lowest BCUT2D eigenvalue weighted by Crippen LogP contribution is -2.28. The highest BCUT2D eigenvalue weighted by molar-refractivity contribution is 5.77. The van der Waals surface area contributed by atoms with Gasteiger partial charge in [0.2, 0.25) is 0 Å². The van der Waals surface area contributed by atoms with E-state index in [1.54, 1.807) is 30.3 Å². The number of hydrogen-bond acceptors (Lipinski definition) is 4. The van der Waals surface area contributed by atoms with Gasteiger partial charge >= 0.3 is 0 Å². The van der Waals surface area contributed by atoms with Crippen molar-refractivity contribution in [3.63, 3.8) is 0 Å². The Kier molecular flexibility index (Phi) is 5.52. The zero-order valence-electron chi connectivity index (χ0n) is 12.0. The molecule has 0 saturated carbocycles. The quantitative estimate of drug-likeness (QED) is 0.850. The van der Waals surface area contributed by atoms with Gasteiger partial charge in [0, 0.05) is 6.54 Å². The standard InChI is InChI=1S/C17H16N2O3/c18-9-13-5-3-4-8-16(13)22-12-17(21)19-10-14-6-1-2-7-15(14)11-20/h1-8,20H,10-12H2,(H,19,21). The van der Waals surface area contributed by atoms with Gasteiger partial charge < -0.3 is 15.2 Å². The van der Waals surface area contributed by atoms with E-state index in [2.05, 4.69) is 5.32 Å². The Labute approximate surface area is 128 Å². The monoisotopic (exact) mass is 296 g/mol. The summed E-state index contributed by atoms with van der Waals surface area (Å²) in [5.41, 5.74) is 2.02. The fourth-order valence-electron chi connectivity index (χ4n) is 1.96. The summed E-state index contributed by atoms with van der Waals surface area (Å²) < 4.78 is 5.35. The molecule has 2 rings (SSSR count). The molecule has 112 valence electrons. The summed E-state index contributed by atoms with van der Waals surface area (Å²) in [5, 5.41) is 20.9. The fourth-order valence-corrected chi connectivity index (χ4v) is 1.96. The number of carbonyl (C=O) groups is 1. The van der Waals surface area contributed by atoms with Gasteiger partial charge in [-0.1, -0.05) is 36.4 Å². The molecule has 2 aromatic rings. The van der Waals surface area contributed by atoms with Crippen molar-refractivity contribution in [2.75, 3.05) is 6.61 Å². The molecule has 0 atom stereocenters. The maximum Gasteiger partial charge on any atom is 0.258 e. The third-order valence-electron chi connectivity index (χ3n) is 3.13. The molecular weight excluding hydrogens is 280 g/mol. The van der Waals surface area contributed by atoms with Crippen molar-refractivity contribution < 1.29 is 14.6 Å². The van der Waals surface area contributed by atoms with Crippen LogP contribution in [0.2, 0.25) is 0 Å². The van der Waals surface area contributed by atoms with E-state index in [4.69, 9.17) is 10.00 Å². The van der Waals surface area contributed by atoms with Crippen LogP contribution in [0.3, 0.4) is 0 Å². The number of nitrogens with zero attached hydrogens (tertiary/aromatic N) is 1. The highest BCUT2D eigenvalue weighted by Gasteiger charge is 2.07. The molecule has 2 aromatic carbocycles. The summed E-state index contributed by atoms with van der Waals surface area (Å²) in [6.07, 6.45) is 0. The van der Waals surface area contributed by atoms with E-state index in [0.29, 0.717) is 17.9 Å². The van der Waals surface area contributed by atoms with E-state index >= 15 is 0 Å². The molecule has 0 radical (unpaired) electrons. The van der Waals surface area contributed by atoms with Gasteiger partial charge in [0.15, 0.2) is 6.61 Å². The third-order valence-corrected chi connectivity index (χ3v) is 3.13. The van der Waals surface area contributed by atoms with Gasteiger partial charge in [-0.2, -0.15) is 5.26 Å². The van der Waals surface area contributed by atoms with Crippen LogP contribution in [-0.2, 0) is 17.9 Å². The Hall–Kier alpha value is -2.84. The number of hydrogen-bond donors (Lipinski definition) is 2. The number of nitrogens with one attached hydrogen (secondary N) is 1. The molecule has 1 amide bonds. The summed E-state index contributed by atoms with van der Waals surface area (Å²) in [6.45, 7) is 0.0803. The topological polar surface area (TPSA) is 82.3 Å². The van der Waals surface area contributed by atoms with Crippen LogP contribution in [-0.4, -0.2) is 17.6 Å². The van der Waals surface area contributed by atoms with Crippen LogP contribution in [0.4, 0.5) is 0 Å². The Balaban J connectivity index is 1.87. The SMILES string of the molecule is N#Cc1ccccc1OCC(=O)NCc1ccccc1CO. The first kappa shape index (κ1) is 15.5. The Bertz CT molecular complexity index is 692. The second kappa shape index (κ2) is 7.81. The molecule has 0 saturated heterocycles. The largest absolute Gasteiger partial charge is 0.482 e. The second-order valence-electron chi connectivity index (χ2n) is 4.60. The number of amides is 1. The fraction of sp³-hybridized carbons (Fsp3) is 0.176. The zero-order valence-corrected chi connectivity index (χ0v) is 12.0. The van der Waals surface area contributed by atoms with E-state index in [9.17, 15) is 9.90 Å². The van der Waals surface area contributed by atoms with Crippen LogP contribution >= 0.6 is 0 Å². The lowest BCUT2D eigenvalue weighted by Gasteiger charge is -2.10. The molecule has 0 unspecified atom stereocenters. The number of carbonyl (C=O) groups excluding carboxylic acids is 1. The number of aliphatic hydroxyl groups excluding tert-OH is 1. The zero-order chi connectivity index (χ0) is 15.8. The first-order valence-electron chi connectivity index (χ1n) is 6.81. The van der Waals surface area contributed by atoms with Gasteiger partial charge in [-0.3, -0.25) is 4.79 Å². The van der Waals surface area contributed by atoms with Crippen LogP contribution in [0.5, 0.6) is 5.75 Å². The Morgan fingerprint density at radius 1 is 1.14 bits per heavy atom. The van der Waals surface area contributed by atoms with Crippen molar-refractivity contribution in [1.29, 1.82) is 5.26 Å². The van der Waals surface area contributed by atoms with Gasteiger partial charge in [-0.15, -0.1) is 0 Å². The normalized spacial score (nSPS) is 9.82. The van der Waals surface area contributed by atoms with Crippen LogP contribution in [0.15, 0.2) is 48.5 Å².